The minimum Gasteiger partial charge on any atom is -0.496 e. The molecule has 7 nitrogen and oxygen atoms in total. The highest BCUT2D eigenvalue weighted by molar-refractivity contribution is 6.33. The van der Waals surface area contributed by atoms with Gasteiger partial charge in [-0.05, 0) is 45.0 Å². The summed E-state index contributed by atoms with van der Waals surface area (Å²) < 4.78 is 17.0. The lowest BCUT2D eigenvalue weighted by Gasteiger charge is -2.40. The Morgan fingerprint density at radius 3 is 2.42 bits per heavy atom. The molecule has 204 valence electrons. The molecule has 4 rings (SSSR count). The van der Waals surface area contributed by atoms with Crippen molar-refractivity contribution in [3.63, 3.8) is 0 Å². The van der Waals surface area contributed by atoms with E-state index in [4.69, 9.17) is 24.2 Å². The van der Waals surface area contributed by atoms with Crippen molar-refractivity contribution < 1.29 is 19.3 Å². The first-order valence-corrected chi connectivity index (χ1v) is 13.7. The van der Waals surface area contributed by atoms with E-state index in [1.54, 1.807) is 27.4 Å². The molecule has 3 aromatic rings. The Bertz CT molecular complexity index is 1210. The van der Waals surface area contributed by atoms with E-state index in [0.29, 0.717) is 42.1 Å². The molecule has 2 heterocycles. The average molecular weight is 519 g/mol. The van der Waals surface area contributed by atoms with Crippen LogP contribution in [-0.2, 0) is 5.60 Å². The van der Waals surface area contributed by atoms with E-state index in [-0.39, 0.29) is 5.92 Å². The van der Waals surface area contributed by atoms with Gasteiger partial charge in [-0.15, -0.1) is 0 Å². The summed E-state index contributed by atoms with van der Waals surface area (Å²) in [4.78, 5) is 11.8. The van der Waals surface area contributed by atoms with E-state index >= 15 is 0 Å². The van der Waals surface area contributed by atoms with Gasteiger partial charge in [-0.2, -0.15) is 0 Å². The van der Waals surface area contributed by atoms with Crippen LogP contribution in [0.25, 0.3) is 10.9 Å². The fourth-order valence-corrected chi connectivity index (χ4v) is 5.84. The van der Waals surface area contributed by atoms with Crippen molar-refractivity contribution in [3.05, 3.63) is 47.7 Å². The van der Waals surface area contributed by atoms with Crippen LogP contribution in [0.5, 0.6) is 17.5 Å². The van der Waals surface area contributed by atoms with E-state index in [9.17, 15) is 5.11 Å². The molecule has 1 aliphatic rings. The number of fused-ring (bicyclic) bond motifs is 1. The maximum absolute atomic E-state index is 12.9. The molecular formula is C30H42BN3O4. The second kappa shape index (κ2) is 12.3. The fourth-order valence-electron chi connectivity index (χ4n) is 5.84. The van der Waals surface area contributed by atoms with E-state index in [0.717, 1.165) is 35.7 Å². The summed E-state index contributed by atoms with van der Waals surface area (Å²) in [6, 6.07) is 12.0. The Hall–Kier alpha value is -2.84. The molecule has 0 spiro atoms. The van der Waals surface area contributed by atoms with Gasteiger partial charge in [0.15, 0.2) is 0 Å². The van der Waals surface area contributed by atoms with Gasteiger partial charge >= 0.3 is 0 Å². The monoisotopic (exact) mass is 519 g/mol. The predicted octanol–water partition coefficient (Wildman–Crippen LogP) is 3.81. The van der Waals surface area contributed by atoms with Crippen molar-refractivity contribution in [2.24, 2.45) is 5.92 Å². The Balaban J connectivity index is 1.94. The summed E-state index contributed by atoms with van der Waals surface area (Å²) in [6.07, 6.45) is 7.36. The smallest absolute Gasteiger partial charge is 0.217 e. The molecule has 0 amide bonds. The summed E-state index contributed by atoms with van der Waals surface area (Å²) in [5, 5.41) is 13.9. The Morgan fingerprint density at radius 1 is 1.00 bits per heavy atom. The molecule has 1 aromatic carbocycles. The number of ether oxygens (including phenoxy) is 3. The lowest BCUT2D eigenvalue weighted by molar-refractivity contribution is -0.0210. The number of hydrogen-bond donors (Lipinski definition) is 1. The molecule has 0 bridgehead atoms. The molecule has 1 N–H and O–H groups in total. The third kappa shape index (κ3) is 6.24. The first-order chi connectivity index (χ1) is 18.3. The molecule has 0 aliphatic heterocycles. The summed E-state index contributed by atoms with van der Waals surface area (Å²) in [5.74, 6) is 1.79. The maximum atomic E-state index is 12.9. The molecular weight excluding hydrogens is 477 g/mol. The molecule has 2 atom stereocenters. The third-order valence-electron chi connectivity index (χ3n) is 8.01. The molecule has 2 unspecified atom stereocenters. The summed E-state index contributed by atoms with van der Waals surface area (Å²) in [7, 11) is 11.0. The number of benzene rings is 1. The molecule has 0 saturated heterocycles. The lowest BCUT2D eigenvalue weighted by Crippen LogP contribution is -2.39. The molecule has 2 aromatic heterocycles. The van der Waals surface area contributed by atoms with Crippen LogP contribution in [0.2, 0.25) is 0 Å². The van der Waals surface area contributed by atoms with Crippen LogP contribution in [0.15, 0.2) is 36.4 Å². The zero-order chi connectivity index (χ0) is 27.3. The second-order valence-electron chi connectivity index (χ2n) is 11.0. The highest BCUT2D eigenvalue weighted by Crippen LogP contribution is 2.48. The molecule has 38 heavy (non-hydrogen) atoms. The van der Waals surface area contributed by atoms with Gasteiger partial charge in [0, 0.05) is 35.5 Å². The van der Waals surface area contributed by atoms with Crippen molar-refractivity contribution in [2.75, 3.05) is 42.0 Å². The van der Waals surface area contributed by atoms with Gasteiger partial charge in [0.2, 0.25) is 11.8 Å². The van der Waals surface area contributed by atoms with Gasteiger partial charge in [0.25, 0.3) is 0 Å². The normalized spacial score (nSPS) is 16.8. The average Bonchev–Trinajstić information content (AvgIpc) is 2.94. The van der Waals surface area contributed by atoms with Crippen LogP contribution in [0, 0.1) is 5.92 Å². The maximum Gasteiger partial charge on any atom is 0.217 e. The van der Waals surface area contributed by atoms with E-state index in [1.165, 1.54) is 24.7 Å². The third-order valence-corrected chi connectivity index (χ3v) is 8.01. The lowest BCUT2D eigenvalue weighted by atomic mass is 9.70. The molecule has 8 heteroatoms. The number of rotatable bonds is 11. The van der Waals surface area contributed by atoms with Crippen LogP contribution in [0.1, 0.15) is 62.1 Å². The molecule has 1 fully saturated rings. The first-order valence-electron chi connectivity index (χ1n) is 13.7. The topological polar surface area (TPSA) is 76.9 Å². The summed E-state index contributed by atoms with van der Waals surface area (Å²) >= 11 is 0. The zero-order valence-corrected chi connectivity index (χ0v) is 23.8. The fraction of sp³-hybridized carbons (Fsp3) is 0.533. The minimum absolute atomic E-state index is 0.290. The van der Waals surface area contributed by atoms with Crippen molar-refractivity contribution >= 4 is 24.2 Å². The van der Waals surface area contributed by atoms with Crippen molar-refractivity contribution in [1.82, 2.24) is 14.9 Å². The number of methoxy groups -OCH3 is 3. The summed E-state index contributed by atoms with van der Waals surface area (Å²) in [5.41, 5.74) is 2.20. The van der Waals surface area contributed by atoms with Crippen LogP contribution in [-0.4, -0.2) is 69.8 Å². The van der Waals surface area contributed by atoms with Crippen LogP contribution < -0.4 is 19.7 Å². The Labute approximate surface area is 227 Å². The van der Waals surface area contributed by atoms with Crippen molar-refractivity contribution in [2.45, 2.75) is 56.5 Å². The standard InChI is InChI=1S/C30H42BN3O4/c1-34(2)14-13-30(35,27-18-23(36-3)19-28(33-27)37-4)25(15-20-9-7-6-8-10-20)24-17-21-16-22(31)11-12-26(21)32-29(24)38-5/h11-12,16-20,25,35H,6-10,13-15,31H2,1-5H3. The van der Waals surface area contributed by atoms with Gasteiger partial charge < -0.3 is 24.2 Å². The largest absolute Gasteiger partial charge is 0.496 e. The van der Waals surface area contributed by atoms with E-state index in [1.807, 2.05) is 26.2 Å². The van der Waals surface area contributed by atoms with E-state index < -0.39 is 5.60 Å². The number of aromatic nitrogens is 2. The second-order valence-corrected chi connectivity index (χ2v) is 11.0. The Kier molecular flexibility index (Phi) is 9.16. The van der Waals surface area contributed by atoms with Gasteiger partial charge in [-0.25, -0.2) is 9.97 Å². The predicted molar refractivity (Wildman–Crippen MR) is 155 cm³/mol. The molecule has 0 radical (unpaired) electrons. The van der Waals surface area contributed by atoms with Crippen molar-refractivity contribution in [3.8, 4) is 17.5 Å². The number of pyridine rings is 2. The zero-order valence-electron chi connectivity index (χ0n) is 23.8. The van der Waals surface area contributed by atoms with Gasteiger partial charge in [-0.3, -0.25) is 0 Å². The van der Waals surface area contributed by atoms with E-state index in [2.05, 4.69) is 30.9 Å². The quantitative estimate of drug-likeness (QED) is 0.386. The van der Waals surface area contributed by atoms with Crippen molar-refractivity contribution in [1.29, 1.82) is 0 Å². The highest BCUT2D eigenvalue weighted by Gasteiger charge is 2.44. The van der Waals surface area contributed by atoms with Gasteiger partial charge in [-0.1, -0.05) is 49.7 Å². The van der Waals surface area contributed by atoms with Gasteiger partial charge in [0.05, 0.1) is 32.5 Å². The molecule has 1 saturated carbocycles. The molecule has 1 aliphatic carbocycles. The van der Waals surface area contributed by atoms with Crippen LogP contribution in [0.4, 0.5) is 0 Å². The summed E-state index contributed by atoms with van der Waals surface area (Å²) in [6.45, 7) is 0.682. The number of hydrogen-bond acceptors (Lipinski definition) is 7. The van der Waals surface area contributed by atoms with Gasteiger partial charge in [0.1, 0.15) is 19.2 Å². The van der Waals surface area contributed by atoms with Crippen LogP contribution in [0.3, 0.4) is 0 Å². The highest BCUT2D eigenvalue weighted by atomic mass is 16.5. The Morgan fingerprint density at radius 2 is 1.76 bits per heavy atom. The number of nitrogens with zero attached hydrogens (tertiary/aromatic N) is 3. The SMILES string of the molecule is Bc1ccc2nc(OC)c(C(CC3CCCCC3)C(O)(CCN(C)C)c3cc(OC)cc(OC)n3)cc2c1. The minimum atomic E-state index is -1.31. The van der Waals surface area contributed by atoms with Crippen LogP contribution >= 0.6 is 0 Å². The number of aliphatic hydroxyl groups is 1. The first kappa shape index (κ1) is 28.2.